The number of carbonyl (C=O) groups is 1. The number of rotatable bonds is 5. The Labute approximate surface area is 147 Å². The molecule has 0 aromatic carbocycles. The summed E-state index contributed by atoms with van der Waals surface area (Å²) < 4.78 is 0. The second-order valence-corrected chi connectivity index (χ2v) is 6.33. The maximum Gasteiger partial charge on any atom is 0.220 e. The highest BCUT2D eigenvalue weighted by Crippen LogP contribution is 2.29. The summed E-state index contributed by atoms with van der Waals surface area (Å²) in [7, 11) is 1.66. The second-order valence-electron chi connectivity index (χ2n) is 6.33. The maximum absolute atomic E-state index is 11.5. The van der Waals surface area contributed by atoms with Crippen LogP contribution in [0.3, 0.4) is 0 Å². The Balaban J connectivity index is 1.64. The molecular formula is C18H24N6O. The van der Waals surface area contributed by atoms with Crippen molar-refractivity contribution in [3.8, 4) is 0 Å². The summed E-state index contributed by atoms with van der Waals surface area (Å²) in [6.45, 7) is 3.81. The molecule has 3 heterocycles. The normalized spacial score (nSPS) is 15.2. The first-order valence-electron chi connectivity index (χ1n) is 8.71. The minimum absolute atomic E-state index is 0.0371. The van der Waals surface area contributed by atoms with Crippen molar-refractivity contribution in [1.29, 1.82) is 0 Å². The molecule has 0 saturated carbocycles. The van der Waals surface area contributed by atoms with Crippen molar-refractivity contribution in [3.63, 3.8) is 0 Å². The fraction of sp³-hybridized carbons (Fsp3) is 0.500. The first-order chi connectivity index (χ1) is 12.2. The summed E-state index contributed by atoms with van der Waals surface area (Å²) in [6.07, 6.45) is 8.40. The van der Waals surface area contributed by atoms with Crippen LogP contribution in [0, 0.1) is 6.92 Å². The SMILES string of the molecule is CNC(=O)CCc1cc(C2CCN(c3cnccn3)CC2)nc(C)n1. The number of hydrogen-bond acceptors (Lipinski definition) is 6. The van der Waals surface area contributed by atoms with Crippen LogP contribution in [0.5, 0.6) is 0 Å². The van der Waals surface area contributed by atoms with E-state index in [0.717, 1.165) is 49.0 Å². The van der Waals surface area contributed by atoms with Crippen LogP contribution in [0.4, 0.5) is 5.82 Å². The van der Waals surface area contributed by atoms with Gasteiger partial charge in [0.1, 0.15) is 11.6 Å². The summed E-state index contributed by atoms with van der Waals surface area (Å²) >= 11 is 0. The summed E-state index contributed by atoms with van der Waals surface area (Å²) in [6, 6.07) is 2.07. The second kappa shape index (κ2) is 8.00. The van der Waals surface area contributed by atoms with Crippen LogP contribution >= 0.6 is 0 Å². The molecule has 2 aromatic rings. The lowest BCUT2D eigenvalue weighted by Crippen LogP contribution is -2.33. The number of piperidine rings is 1. The number of hydrogen-bond donors (Lipinski definition) is 1. The van der Waals surface area contributed by atoms with E-state index in [0.29, 0.717) is 18.8 Å². The highest BCUT2D eigenvalue weighted by atomic mass is 16.1. The molecule has 7 heteroatoms. The minimum Gasteiger partial charge on any atom is -0.359 e. The van der Waals surface area contributed by atoms with Crippen molar-refractivity contribution in [2.24, 2.45) is 0 Å². The monoisotopic (exact) mass is 340 g/mol. The van der Waals surface area contributed by atoms with Gasteiger partial charge in [0.15, 0.2) is 0 Å². The summed E-state index contributed by atoms with van der Waals surface area (Å²) in [4.78, 5) is 31.4. The molecule has 132 valence electrons. The van der Waals surface area contributed by atoms with Crippen LogP contribution in [-0.4, -0.2) is 46.0 Å². The summed E-state index contributed by atoms with van der Waals surface area (Å²) in [5.41, 5.74) is 2.04. The van der Waals surface area contributed by atoms with E-state index in [1.54, 1.807) is 19.4 Å². The van der Waals surface area contributed by atoms with Gasteiger partial charge in [-0.15, -0.1) is 0 Å². The van der Waals surface area contributed by atoms with Gasteiger partial charge in [0, 0.05) is 56.3 Å². The molecule has 0 atom stereocenters. The Morgan fingerprint density at radius 2 is 2.08 bits per heavy atom. The van der Waals surface area contributed by atoms with Crippen LogP contribution in [0.25, 0.3) is 0 Å². The number of nitrogens with zero attached hydrogens (tertiary/aromatic N) is 5. The number of anilines is 1. The fourth-order valence-corrected chi connectivity index (χ4v) is 3.22. The van der Waals surface area contributed by atoms with Gasteiger partial charge in [-0.25, -0.2) is 15.0 Å². The number of aromatic nitrogens is 4. The van der Waals surface area contributed by atoms with Gasteiger partial charge in [-0.05, 0) is 32.3 Å². The Morgan fingerprint density at radius 1 is 1.28 bits per heavy atom. The van der Waals surface area contributed by atoms with Crippen LogP contribution in [0.15, 0.2) is 24.7 Å². The third kappa shape index (κ3) is 4.49. The number of aryl methyl sites for hydroxylation is 2. The van der Waals surface area contributed by atoms with E-state index in [-0.39, 0.29) is 5.91 Å². The molecule has 0 unspecified atom stereocenters. The van der Waals surface area contributed by atoms with Crippen LogP contribution in [-0.2, 0) is 11.2 Å². The molecule has 1 aliphatic rings. The average molecular weight is 340 g/mol. The molecule has 1 amide bonds. The minimum atomic E-state index is 0.0371. The van der Waals surface area contributed by atoms with Crippen molar-refractivity contribution in [2.45, 2.75) is 38.5 Å². The van der Waals surface area contributed by atoms with Gasteiger partial charge in [0.05, 0.1) is 6.20 Å². The molecule has 2 aromatic heterocycles. The number of amides is 1. The zero-order chi connectivity index (χ0) is 17.6. The third-order valence-corrected chi connectivity index (χ3v) is 4.58. The average Bonchev–Trinajstić information content (AvgIpc) is 2.66. The lowest BCUT2D eigenvalue weighted by atomic mass is 9.92. The molecule has 7 nitrogen and oxygen atoms in total. The van der Waals surface area contributed by atoms with Crippen molar-refractivity contribution >= 4 is 11.7 Å². The molecule has 3 rings (SSSR count). The topological polar surface area (TPSA) is 83.9 Å². The lowest BCUT2D eigenvalue weighted by molar-refractivity contribution is -0.120. The smallest absolute Gasteiger partial charge is 0.220 e. The molecule has 0 aliphatic carbocycles. The molecule has 1 fully saturated rings. The number of nitrogens with one attached hydrogen (secondary N) is 1. The van der Waals surface area contributed by atoms with Crippen LogP contribution in [0.2, 0.25) is 0 Å². The van der Waals surface area contributed by atoms with E-state index >= 15 is 0 Å². The van der Waals surface area contributed by atoms with E-state index in [1.807, 2.05) is 13.1 Å². The van der Waals surface area contributed by atoms with E-state index < -0.39 is 0 Å². The highest BCUT2D eigenvalue weighted by Gasteiger charge is 2.23. The molecular weight excluding hydrogens is 316 g/mol. The Bertz CT molecular complexity index is 713. The van der Waals surface area contributed by atoms with Gasteiger partial charge in [-0.2, -0.15) is 0 Å². The van der Waals surface area contributed by atoms with Crippen molar-refractivity contribution in [3.05, 3.63) is 41.9 Å². The Kier molecular flexibility index (Phi) is 5.53. The van der Waals surface area contributed by atoms with E-state index in [1.165, 1.54) is 0 Å². The first kappa shape index (κ1) is 17.3. The number of carbonyl (C=O) groups excluding carboxylic acids is 1. The first-order valence-corrected chi connectivity index (χ1v) is 8.71. The molecule has 1 aliphatic heterocycles. The highest BCUT2D eigenvalue weighted by molar-refractivity contribution is 5.75. The predicted molar refractivity (Wildman–Crippen MR) is 95.4 cm³/mol. The largest absolute Gasteiger partial charge is 0.359 e. The van der Waals surface area contributed by atoms with E-state index in [2.05, 4.69) is 36.2 Å². The molecule has 0 radical (unpaired) electrons. The zero-order valence-electron chi connectivity index (χ0n) is 14.8. The van der Waals surface area contributed by atoms with Gasteiger partial charge >= 0.3 is 0 Å². The maximum atomic E-state index is 11.5. The Hall–Kier alpha value is -2.57. The predicted octanol–water partition coefficient (Wildman–Crippen LogP) is 1.64. The quantitative estimate of drug-likeness (QED) is 0.891. The summed E-state index contributed by atoms with van der Waals surface area (Å²) in [5.74, 6) is 2.18. The van der Waals surface area contributed by atoms with Crippen molar-refractivity contribution < 1.29 is 4.79 Å². The lowest BCUT2D eigenvalue weighted by Gasteiger charge is -2.32. The van der Waals surface area contributed by atoms with Gasteiger partial charge < -0.3 is 10.2 Å². The van der Waals surface area contributed by atoms with E-state index in [4.69, 9.17) is 0 Å². The molecule has 1 N–H and O–H groups in total. The van der Waals surface area contributed by atoms with Crippen LogP contribution < -0.4 is 10.2 Å². The third-order valence-electron chi connectivity index (χ3n) is 4.58. The fourth-order valence-electron chi connectivity index (χ4n) is 3.22. The van der Waals surface area contributed by atoms with Crippen molar-refractivity contribution in [2.75, 3.05) is 25.0 Å². The van der Waals surface area contributed by atoms with Gasteiger partial charge in [-0.1, -0.05) is 0 Å². The Morgan fingerprint density at radius 3 is 2.76 bits per heavy atom. The molecule has 0 bridgehead atoms. The molecule has 0 spiro atoms. The van der Waals surface area contributed by atoms with Crippen LogP contribution in [0.1, 0.15) is 42.4 Å². The van der Waals surface area contributed by atoms with Gasteiger partial charge in [0.25, 0.3) is 0 Å². The van der Waals surface area contributed by atoms with Gasteiger partial charge in [-0.3, -0.25) is 9.78 Å². The molecule has 25 heavy (non-hydrogen) atoms. The van der Waals surface area contributed by atoms with Gasteiger partial charge in [0.2, 0.25) is 5.91 Å². The van der Waals surface area contributed by atoms with E-state index in [9.17, 15) is 4.79 Å². The zero-order valence-corrected chi connectivity index (χ0v) is 14.8. The summed E-state index contributed by atoms with van der Waals surface area (Å²) in [5, 5.41) is 2.65. The van der Waals surface area contributed by atoms with Crippen molar-refractivity contribution in [1.82, 2.24) is 25.3 Å². The standard InChI is InChI=1S/C18H24N6O/c1-13-22-15(3-4-18(25)19-2)11-16(23-13)14-5-9-24(10-6-14)17-12-20-7-8-21-17/h7-8,11-12,14H,3-6,9-10H2,1-2H3,(H,19,25). The molecule has 1 saturated heterocycles.